The van der Waals surface area contributed by atoms with Gasteiger partial charge in [0.05, 0.1) is 12.5 Å². The molecule has 1 rings (SSSR count). The second kappa shape index (κ2) is 7.84. The van der Waals surface area contributed by atoms with Gasteiger partial charge in [0, 0.05) is 20.2 Å². The number of methoxy groups -OCH3 is 1. The highest BCUT2D eigenvalue weighted by Gasteiger charge is 2.17. The van der Waals surface area contributed by atoms with Crippen LogP contribution in [0, 0.1) is 5.92 Å². The van der Waals surface area contributed by atoms with Gasteiger partial charge in [-0.25, -0.2) is 0 Å². The molecule has 0 aromatic heterocycles. The minimum Gasteiger partial charge on any atom is -0.380 e. The van der Waals surface area contributed by atoms with E-state index in [1.54, 1.807) is 7.11 Å². The van der Waals surface area contributed by atoms with Gasteiger partial charge in [-0.05, 0) is 24.5 Å². The molecule has 18 heavy (non-hydrogen) atoms. The van der Waals surface area contributed by atoms with Crippen molar-refractivity contribution >= 4 is 5.91 Å². The van der Waals surface area contributed by atoms with Crippen LogP contribution in [-0.2, 0) is 22.6 Å². The average Bonchev–Trinajstić information content (AvgIpc) is 2.38. The van der Waals surface area contributed by atoms with Crippen LogP contribution in [0.25, 0.3) is 0 Å². The fourth-order valence-electron chi connectivity index (χ4n) is 1.92. The third kappa shape index (κ3) is 4.13. The summed E-state index contributed by atoms with van der Waals surface area (Å²) in [6, 6.07) is 7.99. The van der Waals surface area contributed by atoms with Crippen molar-refractivity contribution in [3.8, 4) is 0 Å². The number of nitrogens with two attached hydrogens (primary N) is 1. The number of benzene rings is 1. The minimum absolute atomic E-state index is 0.0206. The monoisotopic (exact) mass is 250 g/mol. The van der Waals surface area contributed by atoms with Crippen LogP contribution >= 0.6 is 0 Å². The van der Waals surface area contributed by atoms with Gasteiger partial charge in [0.25, 0.3) is 0 Å². The van der Waals surface area contributed by atoms with Crippen LogP contribution in [0.5, 0.6) is 0 Å². The number of rotatable bonds is 7. The number of carbonyl (C=O) groups excluding carboxylic acids is 1. The zero-order valence-electron chi connectivity index (χ0n) is 11.1. The highest BCUT2D eigenvalue weighted by atomic mass is 16.5. The quantitative estimate of drug-likeness (QED) is 0.761. The first-order valence-electron chi connectivity index (χ1n) is 6.26. The van der Waals surface area contributed by atoms with E-state index in [-0.39, 0.29) is 11.8 Å². The Labute approximate surface area is 109 Å². The molecule has 0 bridgehead atoms. The Hall–Kier alpha value is -1.39. The van der Waals surface area contributed by atoms with Crippen molar-refractivity contribution in [2.75, 3.05) is 20.2 Å². The summed E-state index contributed by atoms with van der Waals surface area (Å²) in [5, 5.41) is 2.82. The van der Waals surface area contributed by atoms with Crippen molar-refractivity contribution < 1.29 is 9.53 Å². The standard InChI is InChI=1S/C14H22N2O2/c1-3-16-14(17)13(9-15)8-11-6-4-5-7-12(11)10-18-2/h4-7,13H,3,8-10,15H2,1-2H3,(H,16,17). The maximum absolute atomic E-state index is 11.8. The van der Waals surface area contributed by atoms with E-state index < -0.39 is 0 Å². The molecule has 0 aliphatic rings. The molecule has 0 aliphatic heterocycles. The summed E-state index contributed by atoms with van der Waals surface area (Å²) in [6.07, 6.45) is 0.655. The molecule has 1 aromatic carbocycles. The van der Waals surface area contributed by atoms with Gasteiger partial charge < -0.3 is 15.8 Å². The van der Waals surface area contributed by atoms with Crippen molar-refractivity contribution in [2.24, 2.45) is 11.7 Å². The SMILES string of the molecule is CCNC(=O)C(CN)Cc1ccccc1COC. The predicted molar refractivity (Wildman–Crippen MR) is 72.1 cm³/mol. The van der Waals surface area contributed by atoms with Crippen LogP contribution in [0.4, 0.5) is 0 Å². The highest BCUT2D eigenvalue weighted by molar-refractivity contribution is 5.79. The Bertz CT molecular complexity index is 380. The van der Waals surface area contributed by atoms with Crippen LogP contribution in [-0.4, -0.2) is 26.1 Å². The summed E-state index contributed by atoms with van der Waals surface area (Å²) in [5.41, 5.74) is 7.92. The van der Waals surface area contributed by atoms with Gasteiger partial charge in [-0.1, -0.05) is 24.3 Å². The fourth-order valence-corrected chi connectivity index (χ4v) is 1.92. The molecule has 3 N–H and O–H groups in total. The zero-order chi connectivity index (χ0) is 13.4. The van der Waals surface area contributed by atoms with E-state index in [1.807, 2.05) is 31.2 Å². The summed E-state index contributed by atoms with van der Waals surface area (Å²) in [6.45, 7) is 3.45. The number of hydrogen-bond acceptors (Lipinski definition) is 3. The zero-order valence-corrected chi connectivity index (χ0v) is 11.1. The van der Waals surface area contributed by atoms with Gasteiger partial charge in [0.2, 0.25) is 5.91 Å². The first kappa shape index (κ1) is 14.7. The molecule has 1 amide bonds. The van der Waals surface area contributed by atoms with Crippen molar-refractivity contribution in [3.63, 3.8) is 0 Å². The van der Waals surface area contributed by atoms with Crippen LogP contribution in [0.2, 0.25) is 0 Å². The number of hydrogen-bond donors (Lipinski definition) is 2. The topological polar surface area (TPSA) is 64.4 Å². The second-order valence-corrected chi connectivity index (χ2v) is 4.23. The molecular formula is C14H22N2O2. The van der Waals surface area contributed by atoms with Gasteiger partial charge >= 0.3 is 0 Å². The Morgan fingerprint density at radius 3 is 2.61 bits per heavy atom. The first-order chi connectivity index (χ1) is 8.72. The van der Waals surface area contributed by atoms with E-state index in [4.69, 9.17) is 10.5 Å². The summed E-state index contributed by atoms with van der Waals surface area (Å²) in [5.74, 6) is -0.157. The van der Waals surface area contributed by atoms with E-state index in [9.17, 15) is 4.79 Å². The average molecular weight is 250 g/mol. The lowest BCUT2D eigenvalue weighted by molar-refractivity contribution is -0.124. The molecule has 1 unspecified atom stereocenters. The third-order valence-corrected chi connectivity index (χ3v) is 2.89. The molecule has 0 aliphatic carbocycles. The largest absolute Gasteiger partial charge is 0.380 e. The minimum atomic E-state index is -0.178. The summed E-state index contributed by atoms with van der Waals surface area (Å²) in [4.78, 5) is 11.8. The van der Waals surface area contributed by atoms with Gasteiger partial charge in [0.15, 0.2) is 0 Å². The normalized spacial score (nSPS) is 12.2. The smallest absolute Gasteiger partial charge is 0.224 e. The molecular weight excluding hydrogens is 228 g/mol. The molecule has 1 aromatic rings. The summed E-state index contributed by atoms with van der Waals surface area (Å²) >= 11 is 0. The molecule has 0 heterocycles. The maximum Gasteiger partial charge on any atom is 0.224 e. The van der Waals surface area contributed by atoms with Crippen molar-refractivity contribution in [1.29, 1.82) is 0 Å². The highest BCUT2D eigenvalue weighted by Crippen LogP contribution is 2.15. The van der Waals surface area contributed by atoms with E-state index in [0.717, 1.165) is 11.1 Å². The Morgan fingerprint density at radius 1 is 1.39 bits per heavy atom. The van der Waals surface area contributed by atoms with Gasteiger partial charge in [-0.15, -0.1) is 0 Å². The third-order valence-electron chi connectivity index (χ3n) is 2.89. The van der Waals surface area contributed by atoms with Gasteiger partial charge in [-0.2, -0.15) is 0 Å². The number of nitrogens with one attached hydrogen (secondary N) is 1. The van der Waals surface area contributed by atoms with Gasteiger partial charge in [-0.3, -0.25) is 4.79 Å². The van der Waals surface area contributed by atoms with E-state index in [2.05, 4.69) is 5.32 Å². The predicted octanol–water partition coefficient (Wildman–Crippen LogP) is 1.09. The van der Waals surface area contributed by atoms with Crippen LogP contribution in [0.1, 0.15) is 18.1 Å². The Balaban J connectivity index is 2.77. The van der Waals surface area contributed by atoms with Gasteiger partial charge in [0.1, 0.15) is 0 Å². The van der Waals surface area contributed by atoms with Crippen molar-refractivity contribution in [2.45, 2.75) is 20.0 Å². The van der Waals surface area contributed by atoms with Crippen LogP contribution < -0.4 is 11.1 Å². The summed E-state index contributed by atoms with van der Waals surface area (Å²) < 4.78 is 5.16. The van der Waals surface area contributed by atoms with Crippen molar-refractivity contribution in [1.82, 2.24) is 5.32 Å². The van der Waals surface area contributed by atoms with Crippen LogP contribution in [0.3, 0.4) is 0 Å². The van der Waals surface area contributed by atoms with Crippen LogP contribution in [0.15, 0.2) is 24.3 Å². The molecule has 100 valence electrons. The molecule has 0 saturated carbocycles. The molecule has 4 nitrogen and oxygen atoms in total. The molecule has 0 fully saturated rings. The first-order valence-corrected chi connectivity index (χ1v) is 6.26. The molecule has 0 spiro atoms. The Kier molecular flexibility index (Phi) is 6.39. The lowest BCUT2D eigenvalue weighted by Crippen LogP contribution is -2.36. The molecule has 0 saturated heterocycles. The number of amides is 1. The fraction of sp³-hybridized carbons (Fsp3) is 0.500. The van der Waals surface area contributed by atoms with E-state index in [0.29, 0.717) is 26.1 Å². The van der Waals surface area contributed by atoms with Crippen molar-refractivity contribution in [3.05, 3.63) is 35.4 Å². The van der Waals surface area contributed by atoms with E-state index >= 15 is 0 Å². The number of ether oxygens (including phenoxy) is 1. The Morgan fingerprint density at radius 2 is 2.06 bits per heavy atom. The lowest BCUT2D eigenvalue weighted by Gasteiger charge is -2.16. The molecule has 1 atom stereocenters. The lowest BCUT2D eigenvalue weighted by atomic mass is 9.95. The van der Waals surface area contributed by atoms with E-state index in [1.165, 1.54) is 0 Å². The maximum atomic E-state index is 11.8. The second-order valence-electron chi connectivity index (χ2n) is 4.23. The number of carbonyl (C=O) groups is 1. The summed E-state index contributed by atoms with van der Waals surface area (Å²) in [7, 11) is 1.67. The molecule has 0 radical (unpaired) electrons. The molecule has 4 heteroatoms.